The van der Waals surface area contributed by atoms with Gasteiger partial charge in [-0.1, -0.05) is 15.9 Å². The highest BCUT2D eigenvalue weighted by molar-refractivity contribution is 9.09. The summed E-state index contributed by atoms with van der Waals surface area (Å²) in [4.78, 5) is 20.7. The molecule has 0 radical (unpaired) electrons. The number of rotatable bonds is 4. The summed E-state index contributed by atoms with van der Waals surface area (Å²) in [6, 6.07) is 0. The topological polar surface area (TPSA) is 43.4 Å². The van der Waals surface area contributed by atoms with E-state index in [2.05, 4.69) is 15.9 Å². The Bertz CT molecular complexity index is 144. The Morgan fingerprint density at radius 3 is 2.45 bits per heavy atom. The van der Waals surface area contributed by atoms with Crippen LogP contribution < -0.4 is 0 Å². The first-order chi connectivity index (χ1) is 5.06. The van der Waals surface area contributed by atoms with Crippen LogP contribution in [0.1, 0.15) is 13.3 Å². The molecule has 64 valence electrons. The summed E-state index contributed by atoms with van der Waals surface area (Å²) >= 11 is 8.17. The van der Waals surface area contributed by atoms with Crippen molar-refractivity contribution in [3.05, 3.63) is 0 Å². The van der Waals surface area contributed by atoms with Gasteiger partial charge in [0.1, 0.15) is 6.10 Å². The summed E-state index contributed by atoms with van der Waals surface area (Å²) in [7, 11) is 0. The molecule has 0 spiro atoms. The van der Waals surface area contributed by atoms with Crippen molar-refractivity contribution in [2.24, 2.45) is 0 Å². The molecule has 0 aliphatic carbocycles. The van der Waals surface area contributed by atoms with Crippen molar-refractivity contribution in [2.45, 2.75) is 19.4 Å². The van der Waals surface area contributed by atoms with Crippen LogP contribution in [0.5, 0.6) is 0 Å². The summed E-state index contributed by atoms with van der Waals surface area (Å²) in [5.74, 6) is -0.410. The number of esters is 1. The smallest absolute Gasteiger partial charge is 0.302 e. The summed E-state index contributed by atoms with van der Waals surface area (Å²) in [6.45, 7) is 1.29. The summed E-state index contributed by atoms with van der Waals surface area (Å²) < 4.78 is 4.72. The molecular formula is C6H8BrClO3. The van der Waals surface area contributed by atoms with E-state index in [1.54, 1.807) is 0 Å². The monoisotopic (exact) mass is 242 g/mol. The van der Waals surface area contributed by atoms with Crippen LogP contribution in [0.2, 0.25) is 0 Å². The normalized spacial score (nSPS) is 12.3. The molecule has 0 rings (SSSR count). The summed E-state index contributed by atoms with van der Waals surface area (Å²) in [5, 5.41) is -0.0823. The molecule has 0 bridgehead atoms. The lowest BCUT2D eigenvalue weighted by atomic mass is 10.3. The van der Waals surface area contributed by atoms with Crippen LogP contribution in [0.15, 0.2) is 0 Å². The van der Waals surface area contributed by atoms with Gasteiger partial charge in [-0.2, -0.15) is 0 Å². The van der Waals surface area contributed by atoms with E-state index >= 15 is 0 Å². The van der Waals surface area contributed by atoms with Crippen LogP contribution in [0.3, 0.4) is 0 Å². The van der Waals surface area contributed by atoms with E-state index in [0.29, 0.717) is 5.33 Å². The van der Waals surface area contributed by atoms with Crippen molar-refractivity contribution in [1.82, 2.24) is 0 Å². The van der Waals surface area contributed by atoms with E-state index in [0.717, 1.165) is 0 Å². The molecule has 0 heterocycles. The van der Waals surface area contributed by atoms with Gasteiger partial charge in [0.15, 0.2) is 0 Å². The molecule has 1 unspecified atom stereocenters. The lowest BCUT2D eigenvalue weighted by Crippen LogP contribution is -2.19. The molecule has 0 aromatic heterocycles. The molecule has 0 aromatic rings. The maximum Gasteiger partial charge on any atom is 0.302 e. The predicted molar refractivity (Wildman–Crippen MR) is 44.8 cm³/mol. The van der Waals surface area contributed by atoms with Gasteiger partial charge >= 0.3 is 5.97 Å². The van der Waals surface area contributed by atoms with E-state index in [9.17, 15) is 9.59 Å². The molecule has 0 saturated heterocycles. The van der Waals surface area contributed by atoms with Gasteiger partial charge in [0.25, 0.3) is 0 Å². The average Bonchev–Trinajstić information content (AvgIpc) is 1.84. The first kappa shape index (κ1) is 10.9. The van der Waals surface area contributed by atoms with E-state index < -0.39 is 17.3 Å². The SMILES string of the molecule is CC(=O)OC(CBr)CC(=O)Cl. The van der Waals surface area contributed by atoms with Crippen molar-refractivity contribution in [1.29, 1.82) is 0 Å². The third kappa shape index (κ3) is 6.31. The molecule has 11 heavy (non-hydrogen) atoms. The average molecular weight is 243 g/mol. The lowest BCUT2D eigenvalue weighted by molar-refractivity contribution is -0.145. The Balaban J connectivity index is 3.76. The van der Waals surface area contributed by atoms with Gasteiger partial charge in [-0.15, -0.1) is 0 Å². The maximum atomic E-state index is 10.4. The van der Waals surface area contributed by atoms with E-state index in [1.807, 2.05) is 0 Å². The van der Waals surface area contributed by atoms with E-state index in [-0.39, 0.29) is 6.42 Å². The van der Waals surface area contributed by atoms with Gasteiger partial charge in [0, 0.05) is 12.3 Å². The number of hydrogen-bond acceptors (Lipinski definition) is 3. The van der Waals surface area contributed by atoms with Crippen molar-refractivity contribution in [2.75, 3.05) is 5.33 Å². The molecule has 0 aromatic carbocycles. The summed E-state index contributed by atoms with van der Waals surface area (Å²) in [5.41, 5.74) is 0. The highest BCUT2D eigenvalue weighted by Gasteiger charge is 2.13. The first-order valence-corrected chi connectivity index (χ1v) is 4.47. The fourth-order valence-electron chi connectivity index (χ4n) is 0.541. The standard InChI is InChI=1S/C6H8BrClO3/c1-4(9)11-5(3-7)2-6(8)10/h5H,2-3H2,1H3. The highest BCUT2D eigenvalue weighted by Crippen LogP contribution is 2.05. The lowest BCUT2D eigenvalue weighted by Gasteiger charge is -2.10. The quantitative estimate of drug-likeness (QED) is 0.427. The van der Waals surface area contributed by atoms with Crippen LogP contribution in [0.4, 0.5) is 0 Å². The minimum atomic E-state index is -0.504. The molecule has 0 amide bonds. The third-order valence-corrected chi connectivity index (χ3v) is 1.77. The predicted octanol–water partition coefficient (Wildman–Crippen LogP) is 1.47. The van der Waals surface area contributed by atoms with Crippen molar-refractivity contribution in [3.8, 4) is 0 Å². The van der Waals surface area contributed by atoms with Gasteiger partial charge in [-0.3, -0.25) is 9.59 Å². The Hall–Kier alpha value is -0.0900. The second kappa shape index (κ2) is 5.55. The van der Waals surface area contributed by atoms with Crippen LogP contribution >= 0.6 is 27.5 Å². The molecule has 5 heteroatoms. The first-order valence-electron chi connectivity index (χ1n) is 2.97. The molecule has 0 fully saturated rings. The van der Waals surface area contributed by atoms with Gasteiger partial charge in [-0.05, 0) is 11.6 Å². The Labute approximate surface area is 78.2 Å². The Kier molecular flexibility index (Phi) is 5.50. The Morgan fingerprint density at radius 1 is 1.64 bits per heavy atom. The maximum absolute atomic E-state index is 10.4. The van der Waals surface area contributed by atoms with Crippen LogP contribution in [0, 0.1) is 0 Å². The second-order valence-corrected chi connectivity index (χ2v) is 3.01. The molecule has 3 nitrogen and oxygen atoms in total. The number of hydrogen-bond donors (Lipinski definition) is 0. The number of alkyl halides is 1. The van der Waals surface area contributed by atoms with Crippen LogP contribution in [0.25, 0.3) is 0 Å². The zero-order valence-corrected chi connectivity index (χ0v) is 8.31. The van der Waals surface area contributed by atoms with Gasteiger partial charge in [0.2, 0.25) is 5.24 Å². The number of carbonyl (C=O) groups is 2. The van der Waals surface area contributed by atoms with Crippen LogP contribution in [-0.4, -0.2) is 22.6 Å². The van der Waals surface area contributed by atoms with Gasteiger partial charge in [0.05, 0.1) is 6.42 Å². The number of halogens is 2. The molecule has 1 atom stereocenters. The highest BCUT2D eigenvalue weighted by atomic mass is 79.9. The van der Waals surface area contributed by atoms with Crippen molar-refractivity contribution >= 4 is 38.7 Å². The molecule has 0 saturated carbocycles. The molecule has 0 aliphatic rings. The minimum absolute atomic E-state index is 0.0480. The van der Waals surface area contributed by atoms with Crippen molar-refractivity contribution < 1.29 is 14.3 Å². The van der Waals surface area contributed by atoms with E-state index in [4.69, 9.17) is 16.3 Å². The Morgan fingerprint density at radius 2 is 2.18 bits per heavy atom. The molecule has 0 N–H and O–H groups in total. The number of carbonyl (C=O) groups excluding carboxylic acids is 2. The van der Waals surface area contributed by atoms with E-state index in [1.165, 1.54) is 6.92 Å². The van der Waals surface area contributed by atoms with Gasteiger partial charge < -0.3 is 4.74 Å². The van der Waals surface area contributed by atoms with Crippen molar-refractivity contribution in [3.63, 3.8) is 0 Å². The van der Waals surface area contributed by atoms with Gasteiger partial charge in [-0.25, -0.2) is 0 Å². The largest absolute Gasteiger partial charge is 0.461 e. The van der Waals surface area contributed by atoms with Crippen LogP contribution in [-0.2, 0) is 14.3 Å². The fraction of sp³-hybridized carbons (Fsp3) is 0.667. The summed E-state index contributed by atoms with van der Waals surface area (Å²) in [6.07, 6.45) is -0.399. The zero-order chi connectivity index (χ0) is 8.85. The zero-order valence-electron chi connectivity index (χ0n) is 5.97. The second-order valence-electron chi connectivity index (χ2n) is 1.94. The molecular weight excluding hydrogens is 235 g/mol. The third-order valence-electron chi connectivity index (χ3n) is 0.893. The molecule has 0 aliphatic heterocycles. The number of ether oxygens (including phenoxy) is 1. The minimum Gasteiger partial charge on any atom is -0.461 e. The fourth-order valence-corrected chi connectivity index (χ4v) is 1.07.